The van der Waals surface area contributed by atoms with Crippen LogP contribution in [-0.2, 0) is 0 Å². The van der Waals surface area contributed by atoms with E-state index >= 15 is 0 Å². The Morgan fingerprint density at radius 1 is 1.07 bits per heavy atom. The SMILES string of the molecule is CSc1ncnn1-c1ccc(/C=C/C(c2cc(Cl)cc(Cl)c2)C(F)(F)F)cc1. The van der Waals surface area contributed by atoms with Gasteiger partial charge in [-0.1, -0.05) is 59.2 Å². The molecule has 9 heteroatoms. The Morgan fingerprint density at radius 3 is 2.29 bits per heavy atom. The predicted octanol–water partition coefficient (Wildman–Crippen LogP) is 6.66. The van der Waals surface area contributed by atoms with E-state index in [-0.39, 0.29) is 15.6 Å². The molecule has 0 N–H and O–H groups in total. The zero-order chi connectivity index (χ0) is 20.3. The lowest BCUT2D eigenvalue weighted by molar-refractivity contribution is -0.139. The van der Waals surface area contributed by atoms with E-state index in [1.807, 2.05) is 6.26 Å². The van der Waals surface area contributed by atoms with E-state index in [2.05, 4.69) is 10.1 Å². The number of aromatic nitrogens is 3. The van der Waals surface area contributed by atoms with Crippen molar-refractivity contribution in [3.8, 4) is 5.69 Å². The zero-order valence-corrected chi connectivity index (χ0v) is 16.8. The van der Waals surface area contributed by atoms with Gasteiger partial charge < -0.3 is 0 Å². The van der Waals surface area contributed by atoms with Crippen molar-refractivity contribution in [3.63, 3.8) is 0 Å². The summed E-state index contributed by atoms with van der Waals surface area (Å²) in [4.78, 5) is 4.12. The van der Waals surface area contributed by atoms with Crippen molar-refractivity contribution < 1.29 is 13.2 Å². The third kappa shape index (κ3) is 4.90. The van der Waals surface area contributed by atoms with Gasteiger partial charge in [-0.3, -0.25) is 0 Å². The van der Waals surface area contributed by atoms with Crippen LogP contribution in [0.15, 0.2) is 60.0 Å². The van der Waals surface area contributed by atoms with Crippen LogP contribution in [0, 0.1) is 0 Å². The van der Waals surface area contributed by atoms with Crippen molar-refractivity contribution in [2.24, 2.45) is 0 Å². The molecular formula is C19H14Cl2F3N3S. The van der Waals surface area contributed by atoms with Crippen molar-refractivity contribution >= 4 is 41.0 Å². The maximum absolute atomic E-state index is 13.5. The summed E-state index contributed by atoms with van der Waals surface area (Å²) in [6, 6.07) is 10.9. The second-order valence-electron chi connectivity index (χ2n) is 5.83. The molecule has 1 unspecified atom stereocenters. The lowest BCUT2D eigenvalue weighted by atomic mass is 9.97. The van der Waals surface area contributed by atoms with Crippen molar-refractivity contribution in [2.75, 3.05) is 6.26 Å². The topological polar surface area (TPSA) is 30.7 Å². The number of alkyl halides is 3. The van der Waals surface area contributed by atoms with Crippen LogP contribution in [0.25, 0.3) is 11.8 Å². The molecule has 0 aliphatic heterocycles. The normalized spacial score (nSPS) is 13.2. The molecule has 0 saturated carbocycles. The third-order valence-corrected chi connectivity index (χ3v) is 4.99. The molecule has 1 atom stereocenters. The Labute approximate surface area is 174 Å². The summed E-state index contributed by atoms with van der Waals surface area (Å²) in [5.74, 6) is -1.82. The van der Waals surface area contributed by atoms with Crippen LogP contribution >= 0.6 is 35.0 Å². The molecular weight excluding hydrogens is 430 g/mol. The van der Waals surface area contributed by atoms with E-state index in [9.17, 15) is 13.2 Å². The van der Waals surface area contributed by atoms with E-state index in [0.29, 0.717) is 5.56 Å². The molecule has 0 aliphatic carbocycles. The van der Waals surface area contributed by atoms with Crippen molar-refractivity contribution in [3.05, 3.63) is 76.0 Å². The van der Waals surface area contributed by atoms with Gasteiger partial charge in [0.25, 0.3) is 0 Å². The second kappa shape index (κ2) is 8.59. The number of hydrogen-bond donors (Lipinski definition) is 0. The third-order valence-electron chi connectivity index (χ3n) is 3.91. The maximum Gasteiger partial charge on any atom is 0.399 e. The van der Waals surface area contributed by atoms with Crippen LogP contribution in [0.1, 0.15) is 17.0 Å². The molecule has 1 aromatic heterocycles. The largest absolute Gasteiger partial charge is 0.399 e. The first kappa shape index (κ1) is 20.8. The Kier molecular flexibility index (Phi) is 6.37. The Hall–Kier alpha value is -1.96. The number of thioether (sulfide) groups is 1. The molecule has 0 spiro atoms. The lowest BCUT2D eigenvalue weighted by Crippen LogP contribution is -2.18. The van der Waals surface area contributed by atoms with Gasteiger partial charge in [-0.2, -0.15) is 18.3 Å². The molecule has 0 bridgehead atoms. The number of allylic oxidation sites excluding steroid dienone is 1. The van der Waals surface area contributed by atoms with Crippen molar-refractivity contribution in [2.45, 2.75) is 17.3 Å². The first-order valence-corrected chi connectivity index (χ1v) is 10.0. The molecule has 3 rings (SSSR count). The second-order valence-corrected chi connectivity index (χ2v) is 7.48. The van der Waals surface area contributed by atoms with Gasteiger partial charge in [0.15, 0.2) is 5.16 Å². The maximum atomic E-state index is 13.5. The Morgan fingerprint density at radius 2 is 1.71 bits per heavy atom. The summed E-state index contributed by atoms with van der Waals surface area (Å²) in [6.07, 6.45) is 1.38. The van der Waals surface area contributed by atoms with E-state index in [4.69, 9.17) is 23.2 Å². The summed E-state index contributed by atoms with van der Waals surface area (Å²) < 4.78 is 42.3. The first-order chi connectivity index (χ1) is 13.3. The summed E-state index contributed by atoms with van der Waals surface area (Å²) in [7, 11) is 0. The number of rotatable bonds is 5. The highest BCUT2D eigenvalue weighted by molar-refractivity contribution is 7.98. The van der Waals surface area contributed by atoms with E-state index in [0.717, 1.165) is 16.9 Å². The lowest BCUT2D eigenvalue weighted by Gasteiger charge is -2.18. The fourth-order valence-electron chi connectivity index (χ4n) is 2.65. The minimum atomic E-state index is -4.47. The number of benzene rings is 2. The fourth-order valence-corrected chi connectivity index (χ4v) is 3.67. The summed E-state index contributed by atoms with van der Waals surface area (Å²) in [6.45, 7) is 0. The summed E-state index contributed by atoms with van der Waals surface area (Å²) in [5.41, 5.74) is 1.38. The van der Waals surface area contributed by atoms with E-state index < -0.39 is 12.1 Å². The highest BCUT2D eigenvalue weighted by Gasteiger charge is 2.39. The molecule has 3 aromatic rings. The highest BCUT2D eigenvalue weighted by Crippen LogP contribution is 2.38. The van der Waals surface area contributed by atoms with Gasteiger partial charge in [-0.15, -0.1) is 0 Å². The van der Waals surface area contributed by atoms with Crippen molar-refractivity contribution in [1.82, 2.24) is 14.8 Å². The summed E-state index contributed by atoms with van der Waals surface area (Å²) in [5, 5.41) is 5.18. The van der Waals surface area contributed by atoms with Gasteiger partial charge in [0.2, 0.25) is 0 Å². The van der Waals surface area contributed by atoms with Crippen LogP contribution in [0.5, 0.6) is 0 Å². The van der Waals surface area contributed by atoms with Crippen LogP contribution in [0.2, 0.25) is 10.0 Å². The monoisotopic (exact) mass is 443 g/mol. The van der Waals surface area contributed by atoms with Gasteiger partial charge in [-0.25, -0.2) is 9.67 Å². The van der Waals surface area contributed by atoms with E-state index in [1.54, 1.807) is 28.9 Å². The van der Waals surface area contributed by atoms with Crippen molar-refractivity contribution in [1.29, 1.82) is 0 Å². The highest BCUT2D eigenvalue weighted by atomic mass is 35.5. The van der Waals surface area contributed by atoms with Crippen LogP contribution in [-0.4, -0.2) is 27.2 Å². The Bertz CT molecular complexity index is 965. The average Bonchev–Trinajstić information content (AvgIpc) is 3.09. The van der Waals surface area contributed by atoms with E-state index in [1.165, 1.54) is 42.4 Å². The number of hydrogen-bond acceptors (Lipinski definition) is 3. The standard InChI is InChI=1S/C19H14Cl2F3N3S/c1-28-18-25-11-26-27(18)16-5-2-12(3-6-16)4-7-17(19(22,23)24)13-8-14(20)10-15(21)9-13/h2-11,17H,1H3/b7-4+. The van der Waals surface area contributed by atoms with Crippen LogP contribution in [0.4, 0.5) is 13.2 Å². The molecule has 0 amide bonds. The molecule has 0 fully saturated rings. The molecule has 146 valence electrons. The number of halogens is 5. The zero-order valence-electron chi connectivity index (χ0n) is 14.5. The van der Waals surface area contributed by atoms with Gasteiger partial charge in [0.05, 0.1) is 11.6 Å². The van der Waals surface area contributed by atoms with Gasteiger partial charge in [-0.05, 0) is 47.7 Å². The minimum absolute atomic E-state index is 0.00917. The molecule has 28 heavy (non-hydrogen) atoms. The van der Waals surface area contributed by atoms with Gasteiger partial charge >= 0.3 is 6.18 Å². The molecule has 2 aromatic carbocycles. The minimum Gasteiger partial charge on any atom is -0.209 e. The molecule has 1 heterocycles. The van der Waals surface area contributed by atoms with Crippen LogP contribution < -0.4 is 0 Å². The van der Waals surface area contributed by atoms with Gasteiger partial charge in [0.1, 0.15) is 6.33 Å². The average molecular weight is 444 g/mol. The molecule has 3 nitrogen and oxygen atoms in total. The molecule has 0 saturated heterocycles. The predicted molar refractivity (Wildman–Crippen MR) is 107 cm³/mol. The quantitative estimate of drug-likeness (QED) is 0.413. The number of nitrogens with zero attached hydrogens (tertiary/aromatic N) is 3. The molecule has 0 aliphatic rings. The van der Waals surface area contributed by atoms with Gasteiger partial charge in [0, 0.05) is 10.0 Å². The molecule has 0 radical (unpaired) electrons. The Balaban J connectivity index is 1.87. The first-order valence-electron chi connectivity index (χ1n) is 8.03. The smallest absolute Gasteiger partial charge is 0.209 e. The summed E-state index contributed by atoms with van der Waals surface area (Å²) >= 11 is 13.2. The van der Waals surface area contributed by atoms with Crippen LogP contribution in [0.3, 0.4) is 0 Å². The fraction of sp³-hybridized carbons (Fsp3) is 0.158.